The Morgan fingerprint density at radius 3 is 2.85 bits per heavy atom. The first-order chi connectivity index (χ1) is 12.4. The molecule has 1 aromatic heterocycles. The zero-order valence-electron chi connectivity index (χ0n) is 14.8. The molecular formula is C16H24N4O5S. The number of amides is 1. The molecule has 1 aromatic rings. The minimum Gasteiger partial charge on any atom is -0.376 e. The van der Waals surface area contributed by atoms with Crippen LogP contribution in [0, 0.1) is 0 Å². The van der Waals surface area contributed by atoms with Gasteiger partial charge in [0, 0.05) is 38.2 Å². The molecule has 2 saturated heterocycles. The van der Waals surface area contributed by atoms with Gasteiger partial charge in [-0.05, 0) is 0 Å². The Kier molecular flexibility index (Phi) is 5.73. The van der Waals surface area contributed by atoms with Crippen LogP contribution in [0.25, 0.3) is 0 Å². The summed E-state index contributed by atoms with van der Waals surface area (Å²) in [6.07, 6.45) is 6.07. The fourth-order valence-corrected chi connectivity index (χ4v) is 3.77. The fraction of sp³-hybridized carbons (Fsp3) is 0.688. The molecule has 10 heteroatoms. The smallest absolute Gasteiger partial charge is 0.223 e. The lowest BCUT2D eigenvalue weighted by Gasteiger charge is -2.43. The van der Waals surface area contributed by atoms with Crippen molar-refractivity contribution in [3.63, 3.8) is 0 Å². The number of rotatable bonds is 4. The molecule has 0 bridgehead atoms. The lowest BCUT2D eigenvalue weighted by molar-refractivity contribution is -0.157. The highest BCUT2D eigenvalue weighted by Crippen LogP contribution is 2.25. The number of nitrogens with zero attached hydrogens (tertiary/aromatic N) is 4. The average Bonchev–Trinajstić information content (AvgIpc) is 2.82. The second-order valence-corrected chi connectivity index (χ2v) is 9.02. The Hall–Kier alpha value is -1.78. The third-order valence-electron chi connectivity index (χ3n) is 4.51. The van der Waals surface area contributed by atoms with Gasteiger partial charge in [-0.15, -0.1) is 0 Å². The summed E-state index contributed by atoms with van der Waals surface area (Å²) >= 11 is 0. The molecule has 1 unspecified atom stereocenters. The summed E-state index contributed by atoms with van der Waals surface area (Å²) in [7, 11) is -3.17. The van der Waals surface area contributed by atoms with Crippen molar-refractivity contribution in [2.24, 2.45) is 0 Å². The molecule has 1 spiro atoms. The van der Waals surface area contributed by atoms with E-state index in [0.29, 0.717) is 46.0 Å². The Balaban J connectivity index is 1.70. The number of anilines is 1. The zero-order valence-corrected chi connectivity index (χ0v) is 15.7. The molecule has 2 aliphatic heterocycles. The van der Waals surface area contributed by atoms with Gasteiger partial charge in [-0.2, -0.15) is 0 Å². The first kappa shape index (κ1) is 19.0. The topological polar surface area (TPSA) is 102 Å². The molecule has 0 N–H and O–H groups in total. The van der Waals surface area contributed by atoms with Gasteiger partial charge in [0.15, 0.2) is 0 Å². The van der Waals surface area contributed by atoms with Crippen molar-refractivity contribution >= 4 is 21.6 Å². The summed E-state index contributed by atoms with van der Waals surface area (Å²) < 4.78 is 34.4. The Morgan fingerprint density at radius 1 is 1.27 bits per heavy atom. The van der Waals surface area contributed by atoms with E-state index in [1.807, 2.05) is 4.90 Å². The van der Waals surface area contributed by atoms with Gasteiger partial charge < -0.3 is 19.3 Å². The summed E-state index contributed by atoms with van der Waals surface area (Å²) in [6.45, 7) is 3.31. The summed E-state index contributed by atoms with van der Waals surface area (Å²) in [4.78, 5) is 24.6. The summed E-state index contributed by atoms with van der Waals surface area (Å²) in [5.41, 5.74) is -0.660. The van der Waals surface area contributed by atoms with E-state index in [-0.39, 0.29) is 18.1 Å². The van der Waals surface area contributed by atoms with E-state index in [4.69, 9.17) is 9.47 Å². The maximum absolute atomic E-state index is 12.4. The zero-order chi connectivity index (χ0) is 18.6. The number of morpholine rings is 1. The van der Waals surface area contributed by atoms with Crippen LogP contribution in [0.5, 0.6) is 0 Å². The number of ether oxygens (including phenoxy) is 2. The van der Waals surface area contributed by atoms with Gasteiger partial charge in [0.1, 0.15) is 21.3 Å². The first-order valence-corrected chi connectivity index (χ1v) is 10.6. The van der Waals surface area contributed by atoms with Crippen LogP contribution >= 0.6 is 0 Å². The van der Waals surface area contributed by atoms with E-state index in [2.05, 4.69) is 9.97 Å². The third-order valence-corrected chi connectivity index (χ3v) is 5.46. The number of sulfone groups is 1. The molecule has 0 radical (unpaired) electrons. The van der Waals surface area contributed by atoms with Crippen molar-refractivity contribution in [2.75, 3.05) is 62.9 Å². The number of carbonyl (C=O) groups is 1. The molecule has 9 nitrogen and oxygen atoms in total. The fourth-order valence-electron chi connectivity index (χ4n) is 3.23. The quantitative estimate of drug-likeness (QED) is 0.675. The van der Waals surface area contributed by atoms with Crippen LogP contribution in [-0.2, 0) is 24.1 Å². The van der Waals surface area contributed by atoms with Gasteiger partial charge in [0.2, 0.25) is 5.91 Å². The van der Waals surface area contributed by atoms with E-state index in [9.17, 15) is 13.2 Å². The summed E-state index contributed by atoms with van der Waals surface area (Å²) in [5, 5.41) is 0. The van der Waals surface area contributed by atoms with Gasteiger partial charge in [0.25, 0.3) is 0 Å². The second kappa shape index (κ2) is 7.85. The predicted molar refractivity (Wildman–Crippen MR) is 94.7 cm³/mol. The minimum absolute atomic E-state index is 0.0103. The van der Waals surface area contributed by atoms with Crippen molar-refractivity contribution in [3.05, 3.63) is 18.6 Å². The first-order valence-electron chi connectivity index (χ1n) is 8.55. The Bertz CT molecular complexity index is 729. The van der Waals surface area contributed by atoms with Crippen LogP contribution in [0.1, 0.15) is 6.42 Å². The van der Waals surface area contributed by atoms with Gasteiger partial charge in [-0.1, -0.05) is 0 Å². The number of hydrogen-bond acceptors (Lipinski definition) is 8. The Labute approximate surface area is 153 Å². The van der Waals surface area contributed by atoms with E-state index in [1.165, 1.54) is 0 Å². The molecule has 3 rings (SSSR count). The van der Waals surface area contributed by atoms with E-state index < -0.39 is 15.4 Å². The van der Waals surface area contributed by atoms with Crippen LogP contribution in [0.2, 0.25) is 0 Å². The standard InChI is InChI=1S/C16H24N4O5S/c1-26(22,23)9-2-15(21)20-6-8-25-16(12-20)11-19(5-7-24-13-16)14-10-17-3-4-18-14/h3-4,10H,2,5-9,11-13H2,1H3. The van der Waals surface area contributed by atoms with E-state index in [0.717, 1.165) is 12.1 Å². The van der Waals surface area contributed by atoms with E-state index in [1.54, 1.807) is 23.5 Å². The monoisotopic (exact) mass is 384 g/mol. The van der Waals surface area contributed by atoms with Crippen LogP contribution < -0.4 is 4.90 Å². The van der Waals surface area contributed by atoms with Crippen LogP contribution in [-0.4, -0.2) is 92.8 Å². The molecule has 0 saturated carbocycles. The molecule has 0 aromatic carbocycles. The van der Waals surface area contributed by atoms with Crippen molar-refractivity contribution in [1.82, 2.24) is 14.9 Å². The normalized spacial score (nSPS) is 24.5. The van der Waals surface area contributed by atoms with Gasteiger partial charge in [0.05, 0.1) is 44.9 Å². The number of aromatic nitrogens is 2. The minimum atomic E-state index is -3.17. The summed E-state index contributed by atoms with van der Waals surface area (Å²) in [6, 6.07) is 0. The molecular weight excluding hydrogens is 360 g/mol. The molecule has 2 fully saturated rings. The Morgan fingerprint density at radius 2 is 2.12 bits per heavy atom. The highest BCUT2D eigenvalue weighted by atomic mass is 32.2. The van der Waals surface area contributed by atoms with Crippen LogP contribution in [0.4, 0.5) is 5.82 Å². The van der Waals surface area contributed by atoms with E-state index >= 15 is 0 Å². The largest absolute Gasteiger partial charge is 0.376 e. The predicted octanol–water partition coefficient (Wildman–Crippen LogP) is -0.654. The molecule has 0 aliphatic carbocycles. The maximum atomic E-state index is 12.4. The third kappa shape index (κ3) is 4.89. The molecule has 3 heterocycles. The summed E-state index contributed by atoms with van der Waals surface area (Å²) in [5.74, 6) is 0.424. The highest BCUT2D eigenvalue weighted by Gasteiger charge is 2.42. The van der Waals surface area contributed by atoms with Gasteiger partial charge >= 0.3 is 0 Å². The molecule has 2 aliphatic rings. The van der Waals surface area contributed by atoms with Crippen molar-refractivity contribution in [2.45, 2.75) is 12.0 Å². The highest BCUT2D eigenvalue weighted by molar-refractivity contribution is 7.90. The molecule has 26 heavy (non-hydrogen) atoms. The van der Waals surface area contributed by atoms with Gasteiger partial charge in [-0.25, -0.2) is 13.4 Å². The molecule has 1 amide bonds. The van der Waals surface area contributed by atoms with Crippen LogP contribution in [0.3, 0.4) is 0 Å². The number of carbonyl (C=O) groups excluding carboxylic acids is 1. The van der Waals surface area contributed by atoms with Crippen molar-refractivity contribution < 1.29 is 22.7 Å². The van der Waals surface area contributed by atoms with Crippen molar-refractivity contribution in [3.8, 4) is 0 Å². The lowest BCUT2D eigenvalue weighted by Crippen LogP contribution is -2.60. The van der Waals surface area contributed by atoms with Gasteiger partial charge in [-0.3, -0.25) is 9.78 Å². The van der Waals surface area contributed by atoms with Crippen LogP contribution in [0.15, 0.2) is 18.6 Å². The SMILES string of the molecule is CS(=O)(=O)CCC(=O)N1CCOC2(COCCN(c3cnccn3)C2)C1. The van der Waals surface area contributed by atoms with Crippen molar-refractivity contribution in [1.29, 1.82) is 0 Å². The number of hydrogen-bond donors (Lipinski definition) is 0. The lowest BCUT2D eigenvalue weighted by atomic mass is 10.0. The molecule has 1 atom stereocenters. The maximum Gasteiger partial charge on any atom is 0.223 e. The second-order valence-electron chi connectivity index (χ2n) is 6.76. The molecule has 144 valence electrons. The average molecular weight is 384 g/mol.